The van der Waals surface area contributed by atoms with Crippen molar-refractivity contribution in [3.8, 4) is 20.9 Å². The molecule has 0 unspecified atom stereocenters. The number of benzene rings is 8. The third kappa shape index (κ3) is 16.3. The first-order valence-electron chi connectivity index (χ1n) is 32.5. The van der Waals surface area contributed by atoms with Crippen LogP contribution in [0, 0.1) is 0 Å². The van der Waals surface area contributed by atoms with E-state index >= 15 is 0 Å². The molecule has 0 aliphatic carbocycles. The third-order valence-electron chi connectivity index (χ3n) is 14.3. The fourth-order valence-corrected chi connectivity index (χ4v) is 30.1. The minimum absolute atomic E-state index is 0.114. The SMILES string of the molecule is CC.CC.CC.CC.CC.CC.CC.CC.CC1=CC=C(C)[SiH2]1.C[C]1=CC=[C](C)[GeH2]1.c1ccc([Si](c2ccccc2)(c2ccccc2)c2ccccc2)cc1.c1ccc2c(c1)-c1ccccc1[Si]21c2c(sc3ccccc23)-c2sc3ccccc3c21. The van der Waals surface area contributed by atoms with Crippen LogP contribution in [0.15, 0.2) is 262 Å². The van der Waals surface area contributed by atoms with Gasteiger partial charge in [0.05, 0.1) is 9.52 Å². The maximum atomic E-state index is 2.43. The van der Waals surface area contributed by atoms with Gasteiger partial charge < -0.3 is 0 Å². The molecule has 2 aromatic heterocycles. The fraction of sp³-hybridized carbons (Fsp3) is 0.250. The summed E-state index contributed by atoms with van der Waals surface area (Å²) in [5.74, 6) is 0. The summed E-state index contributed by atoms with van der Waals surface area (Å²) in [7, 11) is -4.54. The summed E-state index contributed by atoms with van der Waals surface area (Å²) in [5, 5.41) is 18.3. The van der Waals surface area contributed by atoms with Gasteiger partial charge in [0.15, 0.2) is 16.1 Å². The van der Waals surface area contributed by atoms with Crippen LogP contribution in [-0.4, -0.2) is 41.1 Å². The van der Waals surface area contributed by atoms with Crippen LogP contribution in [0.5, 0.6) is 0 Å². The number of thiophene rings is 2. The van der Waals surface area contributed by atoms with Crippen molar-refractivity contribution in [3.63, 3.8) is 0 Å². The largest absolute Gasteiger partial charge is 0.185 e. The quantitative estimate of drug-likeness (QED) is 0.122. The molecule has 0 radical (unpaired) electrons. The molecule has 86 heavy (non-hydrogen) atoms. The van der Waals surface area contributed by atoms with E-state index in [9.17, 15) is 0 Å². The van der Waals surface area contributed by atoms with Crippen molar-refractivity contribution in [2.75, 3.05) is 0 Å². The van der Waals surface area contributed by atoms with E-state index in [1.165, 1.54) is 61.8 Å². The van der Waals surface area contributed by atoms with Crippen LogP contribution in [0.3, 0.4) is 0 Å². The van der Waals surface area contributed by atoms with E-state index in [0.29, 0.717) is 0 Å². The van der Waals surface area contributed by atoms with E-state index in [1.807, 2.05) is 133 Å². The Morgan fingerprint density at radius 1 is 0.314 bits per heavy atom. The van der Waals surface area contributed by atoms with Crippen LogP contribution in [0.4, 0.5) is 0 Å². The molecule has 1 spiro atoms. The maximum absolute atomic E-state index is 2.43. The van der Waals surface area contributed by atoms with Crippen LogP contribution in [0.25, 0.3) is 41.1 Å². The molecule has 0 amide bonds. The Bertz CT molecular complexity index is 3290. The smallest absolute Gasteiger partial charge is 0.134 e. The van der Waals surface area contributed by atoms with Crippen molar-refractivity contribution in [2.45, 2.75) is 138 Å². The number of hydrogen-bond acceptors (Lipinski definition) is 2. The number of allylic oxidation sites excluding steroid dienone is 8. The van der Waals surface area contributed by atoms with Gasteiger partial charge >= 0.3 is 50.2 Å². The first-order chi connectivity index (χ1) is 42.4. The van der Waals surface area contributed by atoms with Gasteiger partial charge in [-0.25, -0.2) is 0 Å². The van der Waals surface area contributed by atoms with Gasteiger partial charge in [0.25, 0.3) is 0 Å². The first kappa shape index (κ1) is 74.1. The molecule has 0 atom stereocenters. The van der Waals surface area contributed by atoms with Gasteiger partial charge in [-0.05, 0) is 89.4 Å². The summed E-state index contributed by atoms with van der Waals surface area (Å²) >= 11 is 3.74. The monoisotopic (exact) mass is 1290 g/mol. The van der Waals surface area contributed by atoms with E-state index in [2.05, 4.69) is 270 Å². The summed E-state index contributed by atoms with van der Waals surface area (Å²) in [4.78, 5) is 3.05. The average molecular weight is 1290 g/mol. The number of rotatable bonds is 4. The van der Waals surface area contributed by atoms with Crippen molar-refractivity contribution in [3.05, 3.63) is 262 Å². The molecule has 0 saturated heterocycles. The van der Waals surface area contributed by atoms with Crippen molar-refractivity contribution < 1.29 is 0 Å². The molecule has 4 aliphatic heterocycles. The number of fused-ring (bicyclic) bond motifs is 14. The molecule has 0 N–H and O–H groups in total. The normalized spacial score (nSPS) is 12.2. The Balaban J connectivity index is 0.000000313. The topological polar surface area (TPSA) is 0 Å². The molecule has 452 valence electrons. The Morgan fingerprint density at radius 3 is 0.849 bits per heavy atom. The average Bonchev–Trinajstić information content (AvgIpc) is 1.50. The molecule has 14 rings (SSSR count). The molecule has 4 aliphatic rings. The van der Waals surface area contributed by atoms with Crippen LogP contribution in [0.2, 0.25) is 0 Å². The van der Waals surface area contributed by atoms with Gasteiger partial charge in [0.2, 0.25) is 0 Å². The second kappa shape index (κ2) is 39.6. The minimum atomic E-state index is -2.36. The Labute approximate surface area is 542 Å². The molecule has 10 aromatic rings. The Kier molecular flexibility index (Phi) is 34.1. The molecule has 6 heteroatoms. The van der Waals surface area contributed by atoms with E-state index < -0.39 is 16.1 Å². The molecular weight excluding hydrogens is 1180 g/mol. The van der Waals surface area contributed by atoms with E-state index in [-0.39, 0.29) is 25.0 Å². The Hall–Kier alpha value is -6.17. The summed E-state index contributed by atoms with van der Waals surface area (Å²) in [6.07, 6.45) is 8.99. The van der Waals surface area contributed by atoms with E-state index in [1.54, 1.807) is 40.0 Å². The van der Waals surface area contributed by atoms with Crippen LogP contribution in [0.1, 0.15) is 138 Å². The van der Waals surface area contributed by atoms with Crippen LogP contribution in [-0.2, 0) is 0 Å². The second-order valence-electron chi connectivity index (χ2n) is 19.1. The molecule has 0 fully saturated rings. The zero-order chi connectivity index (χ0) is 63.7. The maximum Gasteiger partial charge on any atom is 0.185 e. The van der Waals surface area contributed by atoms with Crippen molar-refractivity contribution in [1.29, 1.82) is 0 Å². The standard InChI is InChI=1S/C28H16S2Si.C24H20Si.C6H10Ge.C6H10Si.8C2H6/c1-5-13-21-19(11-1)27-25(29-21)26-28(20-12-2-6-14-22(20)30-26)31(27)23-15-7-3-9-17(23)18-10-4-8-16-24(18)31;1-5-13-21(14-6-1)25(22-15-7-2-8-16-22,23-17-9-3-10-18-23)24-19-11-4-12-20-24;2*1-5-3-4-6(2)7-5;8*1-2/h1-16H;1-20H;2*3-4H,7H2,1-2H3;8*1-2H3. The zero-order valence-corrected chi connectivity index (χ0v) is 64.3. The fourth-order valence-electron chi connectivity index (χ4n) is 11.5. The van der Waals surface area contributed by atoms with E-state index in [0.717, 1.165) is 0 Å². The molecule has 6 heterocycles. The molecular formula is C80H104GeS2Si3. The second-order valence-corrected chi connectivity index (χ2v) is 36.6. The van der Waals surface area contributed by atoms with Gasteiger partial charge in [0, 0.05) is 19.2 Å². The van der Waals surface area contributed by atoms with Crippen LogP contribution >= 0.6 is 22.7 Å². The van der Waals surface area contributed by atoms with E-state index in [4.69, 9.17) is 0 Å². The summed E-state index contributed by atoms with van der Waals surface area (Å²) < 4.78 is 6.18. The van der Waals surface area contributed by atoms with Crippen LogP contribution < -0.4 is 41.5 Å². The summed E-state index contributed by atoms with van der Waals surface area (Å²) in [6.45, 7) is 40.9. The Morgan fingerprint density at radius 2 is 0.581 bits per heavy atom. The molecule has 0 saturated carbocycles. The van der Waals surface area contributed by atoms with Gasteiger partial charge in [-0.15, -0.1) is 22.7 Å². The van der Waals surface area contributed by atoms with Gasteiger partial charge in [-0.2, -0.15) is 0 Å². The van der Waals surface area contributed by atoms with Gasteiger partial charge in [-0.3, -0.25) is 0 Å². The van der Waals surface area contributed by atoms with Crippen molar-refractivity contribution in [1.82, 2.24) is 0 Å². The zero-order valence-electron chi connectivity index (χ0n) is 56.3. The molecule has 8 aromatic carbocycles. The molecule has 0 nitrogen and oxygen atoms in total. The number of hydrogen-bond donors (Lipinski definition) is 0. The predicted molar refractivity (Wildman–Crippen MR) is 412 cm³/mol. The third-order valence-corrected chi connectivity index (χ3v) is 32.0. The van der Waals surface area contributed by atoms with Gasteiger partial charge in [0.1, 0.15) is 0 Å². The van der Waals surface area contributed by atoms with Gasteiger partial charge in [-0.1, -0.05) is 340 Å². The summed E-state index contributed by atoms with van der Waals surface area (Å²) in [6, 6.07) is 80.6. The predicted octanol–water partition coefficient (Wildman–Crippen LogP) is 18.7. The molecule has 0 bridgehead atoms. The minimum Gasteiger partial charge on any atom is -0.134 e. The summed E-state index contributed by atoms with van der Waals surface area (Å²) in [5.41, 5.74) is 2.88. The van der Waals surface area contributed by atoms with Crippen molar-refractivity contribution >= 4 is 125 Å². The van der Waals surface area contributed by atoms with Crippen molar-refractivity contribution in [2.24, 2.45) is 0 Å². The first-order valence-corrected chi connectivity index (χ1v) is 42.5.